The van der Waals surface area contributed by atoms with E-state index in [-0.39, 0.29) is 0 Å². The summed E-state index contributed by atoms with van der Waals surface area (Å²) in [5, 5.41) is 6.60. The molecule has 0 saturated carbocycles. The SMILES string of the molecule is CC1=C2NOC(Nc3ccc(N4CCN(C)CC4)c(C(N)=O)c3)(N=C1)N2c1ccc2c(c1)NCO2. The lowest BCUT2D eigenvalue weighted by Gasteiger charge is -2.37. The standard InChI is InChI=1S/C24H28N8O3/c1-15-13-27-24(32(23(15)29-35-24)17-4-6-21-19(12-17)26-14-34-21)28-16-3-5-20(18(11-16)22(25)33)31-9-7-30(2)8-10-31/h3-6,11-13,26,28-29H,7-10,14H2,1-2H3,(H2,25,33). The molecule has 11 nitrogen and oxygen atoms in total. The second kappa shape index (κ2) is 8.07. The predicted octanol–water partition coefficient (Wildman–Crippen LogP) is 1.68. The third-order valence-corrected chi connectivity index (χ3v) is 6.75. The number of hydrogen-bond donors (Lipinski definition) is 4. The molecule has 1 atom stereocenters. The number of nitrogens with two attached hydrogens (primary N) is 1. The highest BCUT2D eigenvalue weighted by molar-refractivity contribution is 6.00. The third kappa shape index (κ3) is 3.60. The number of amides is 1. The molecule has 2 bridgehead atoms. The van der Waals surface area contributed by atoms with Crippen LogP contribution in [0.3, 0.4) is 0 Å². The number of likely N-dealkylation sites (N-methyl/N-ethyl adjacent to an activating group) is 1. The number of benzene rings is 2. The zero-order valence-electron chi connectivity index (χ0n) is 19.7. The highest BCUT2D eigenvalue weighted by Crippen LogP contribution is 2.42. The summed E-state index contributed by atoms with van der Waals surface area (Å²) in [4.78, 5) is 29.5. The van der Waals surface area contributed by atoms with Crippen LogP contribution in [0.2, 0.25) is 0 Å². The minimum atomic E-state index is -1.28. The quantitative estimate of drug-likeness (QED) is 0.511. The number of nitrogens with zero attached hydrogens (tertiary/aromatic N) is 4. The van der Waals surface area contributed by atoms with E-state index in [0.29, 0.717) is 18.0 Å². The molecule has 1 unspecified atom stereocenters. The first kappa shape index (κ1) is 21.6. The average Bonchev–Trinajstić information content (AvgIpc) is 3.43. The molecule has 11 heteroatoms. The van der Waals surface area contributed by atoms with Crippen LogP contribution in [0.1, 0.15) is 17.3 Å². The van der Waals surface area contributed by atoms with E-state index in [0.717, 1.165) is 60.4 Å². The van der Waals surface area contributed by atoms with E-state index < -0.39 is 11.9 Å². The summed E-state index contributed by atoms with van der Waals surface area (Å²) in [5.41, 5.74) is 13.4. The second-order valence-corrected chi connectivity index (χ2v) is 9.10. The Hall–Kier alpha value is -3.96. The van der Waals surface area contributed by atoms with Crippen LogP contribution in [-0.2, 0) is 4.84 Å². The molecular formula is C24H28N8O3. The van der Waals surface area contributed by atoms with Gasteiger partial charge >= 0.3 is 5.97 Å². The number of nitrogens with one attached hydrogen (secondary N) is 3. The maximum atomic E-state index is 12.4. The largest absolute Gasteiger partial charge is 0.471 e. The van der Waals surface area contributed by atoms with Crippen molar-refractivity contribution in [3.8, 4) is 5.75 Å². The second-order valence-electron chi connectivity index (χ2n) is 9.10. The van der Waals surface area contributed by atoms with Crippen LogP contribution >= 0.6 is 0 Å². The van der Waals surface area contributed by atoms with Crippen LogP contribution in [0, 0.1) is 0 Å². The van der Waals surface area contributed by atoms with E-state index in [4.69, 9.17) is 20.3 Å². The van der Waals surface area contributed by atoms with E-state index >= 15 is 0 Å². The molecule has 6 rings (SSSR count). The van der Waals surface area contributed by atoms with Gasteiger partial charge in [0.1, 0.15) is 11.6 Å². The van der Waals surface area contributed by atoms with Crippen molar-refractivity contribution in [3.63, 3.8) is 0 Å². The molecule has 1 amide bonds. The number of allylic oxidation sites excluding steroid dienone is 1. The molecule has 2 fully saturated rings. The Bertz CT molecular complexity index is 1250. The molecule has 0 aliphatic carbocycles. The summed E-state index contributed by atoms with van der Waals surface area (Å²) in [6, 6.07) is 11.5. The Labute approximate surface area is 203 Å². The van der Waals surface area contributed by atoms with Crippen LogP contribution in [-0.4, -0.2) is 63.0 Å². The Morgan fingerprint density at radius 2 is 2.00 bits per heavy atom. The van der Waals surface area contributed by atoms with Crippen molar-refractivity contribution in [3.05, 3.63) is 53.4 Å². The Morgan fingerprint density at radius 3 is 2.80 bits per heavy atom. The van der Waals surface area contributed by atoms with Gasteiger partial charge < -0.3 is 30.9 Å². The summed E-state index contributed by atoms with van der Waals surface area (Å²) in [6.45, 7) is 5.93. The van der Waals surface area contributed by atoms with Crippen molar-refractivity contribution in [1.29, 1.82) is 0 Å². The first-order valence-electron chi connectivity index (χ1n) is 11.6. The van der Waals surface area contributed by atoms with Gasteiger partial charge in [0, 0.05) is 49.3 Å². The van der Waals surface area contributed by atoms with Crippen molar-refractivity contribution < 1.29 is 14.4 Å². The Kier molecular flexibility index (Phi) is 4.97. The molecule has 4 heterocycles. The highest BCUT2D eigenvalue weighted by Gasteiger charge is 2.49. The number of anilines is 4. The number of hydroxylamine groups is 1. The molecule has 2 saturated heterocycles. The van der Waals surface area contributed by atoms with Gasteiger partial charge in [-0.2, -0.15) is 0 Å². The summed E-state index contributed by atoms with van der Waals surface area (Å²) >= 11 is 0. The van der Waals surface area contributed by atoms with Crippen molar-refractivity contribution >= 4 is 34.9 Å². The number of primary amides is 1. The molecule has 5 N–H and O–H groups in total. The molecule has 4 aliphatic heterocycles. The fraction of sp³-hybridized carbons (Fsp3) is 0.333. The zero-order valence-corrected chi connectivity index (χ0v) is 19.7. The molecule has 0 spiro atoms. The van der Waals surface area contributed by atoms with Crippen molar-refractivity contribution in [2.45, 2.75) is 12.9 Å². The summed E-state index contributed by atoms with van der Waals surface area (Å²) < 4.78 is 5.57. The molecule has 2 aromatic carbocycles. The number of ether oxygens (including phenoxy) is 1. The smallest absolute Gasteiger partial charge is 0.351 e. The lowest BCUT2D eigenvalue weighted by atomic mass is 10.1. The van der Waals surface area contributed by atoms with Gasteiger partial charge in [0.15, 0.2) is 6.73 Å². The van der Waals surface area contributed by atoms with Gasteiger partial charge in [-0.15, -0.1) is 0 Å². The fourth-order valence-electron chi connectivity index (χ4n) is 4.80. The molecule has 182 valence electrons. The first-order chi connectivity index (χ1) is 16.9. The normalized spacial score (nSPS) is 23.0. The van der Waals surface area contributed by atoms with Gasteiger partial charge in [0.2, 0.25) is 0 Å². The van der Waals surface area contributed by atoms with E-state index in [1.807, 2.05) is 42.2 Å². The van der Waals surface area contributed by atoms with E-state index in [1.54, 1.807) is 12.3 Å². The number of aliphatic imine (C=N–C) groups is 1. The molecule has 0 radical (unpaired) electrons. The van der Waals surface area contributed by atoms with Crippen LogP contribution < -0.4 is 36.4 Å². The van der Waals surface area contributed by atoms with Crippen molar-refractivity contribution in [2.24, 2.45) is 10.7 Å². The molecular weight excluding hydrogens is 448 g/mol. The zero-order chi connectivity index (χ0) is 24.2. The van der Waals surface area contributed by atoms with E-state index in [9.17, 15) is 4.79 Å². The number of hydrogen-bond acceptors (Lipinski definition) is 10. The van der Waals surface area contributed by atoms with Gasteiger partial charge in [0.25, 0.3) is 5.91 Å². The Balaban J connectivity index is 1.34. The highest BCUT2D eigenvalue weighted by atomic mass is 16.7. The molecule has 2 aromatic rings. The summed E-state index contributed by atoms with van der Waals surface area (Å²) in [7, 11) is 2.10. The number of rotatable bonds is 5. The minimum absolute atomic E-state index is 0.437. The van der Waals surface area contributed by atoms with Gasteiger partial charge in [-0.3, -0.25) is 9.69 Å². The number of carbonyl (C=O) groups is 1. The predicted molar refractivity (Wildman–Crippen MR) is 134 cm³/mol. The van der Waals surface area contributed by atoms with Crippen LogP contribution in [0.25, 0.3) is 0 Å². The number of fused-ring (bicyclic) bond motifs is 3. The lowest BCUT2D eigenvalue weighted by Crippen LogP contribution is -2.51. The average molecular weight is 477 g/mol. The van der Waals surface area contributed by atoms with Crippen LogP contribution in [0.15, 0.2) is 52.8 Å². The Morgan fingerprint density at radius 1 is 1.17 bits per heavy atom. The maximum absolute atomic E-state index is 12.4. The van der Waals surface area contributed by atoms with Crippen molar-refractivity contribution in [1.82, 2.24) is 10.4 Å². The van der Waals surface area contributed by atoms with Gasteiger partial charge in [-0.25, -0.2) is 15.3 Å². The van der Waals surface area contributed by atoms with Crippen molar-refractivity contribution in [2.75, 3.05) is 60.4 Å². The van der Waals surface area contributed by atoms with Crippen LogP contribution in [0.5, 0.6) is 5.75 Å². The fourth-order valence-corrected chi connectivity index (χ4v) is 4.80. The van der Waals surface area contributed by atoms with Gasteiger partial charge in [0.05, 0.1) is 16.9 Å². The summed E-state index contributed by atoms with van der Waals surface area (Å²) in [5.74, 6) is -0.188. The third-order valence-electron chi connectivity index (χ3n) is 6.75. The van der Waals surface area contributed by atoms with Gasteiger partial charge in [-0.1, -0.05) is 0 Å². The minimum Gasteiger partial charge on any atom is -0.471 e. The van der Waals surface area contributed by atoms with Gasteiger partial charge in [-0.05, 0) is 50.4 Å². The molecule has 4 aliphatic rings. The number of piperazine rings is 1. The topological polar surface area (TPSA) is 120 Å². The number of carbonyl (C=O) groups excluding carboxylic acids is 1. The maximum Gasteiger partial charge on any atom is 0.351 e. The van der Waals surface area contributed by atoms with Crippen LogP contribution in [0.4, 0.5) is 22.7 Å². The molecule has 35 heavy (non-hydrogen) atoms. The first-order valence-corrected chi connectivity index (χ1v) is 11.6. The van der Waals surface area contributed by atoms with E-state index in [2.05, 4.69) is 33.0 Å². The monoisotopic (exact) mass is 476 g/mol. The van der Waals surface area contributed by atoms with E-state index in [1.165, 1.54) is 0 Å². The lowest BCUT2D eigenvalue weighted by molar-refractivity contribution is -0.0214. The summed E-state index contributed by atoms with van der Waals surface area (Å²) in [6.07, 6.45) is 1.77. The molecule has 0 aromatic heterocycles.